The number of piperazine rings is 1. The zero-order valence-electron chi connectivity index (χ0n) is 17.5. The number of hydrogen-bond donors (Lipinski definition) is 1. The molecule has 0 bridgehead atoms. The molecule has 0 unspecified atom stereocenters. The van der Waals surface area contributed by atoms with Crippen LogP contribution in [0.25, 0.3) is 10.9 Å². The Labute approximate surface area is 175 Å². The Morgan fingerprint density at radius 3 is 2.40 bits per heavy atom. The molecule has 1 amide bonds. The van der Waals surface area contributed by atoms with Gasteiger partial charge < -0.3 is 24.6 Å². The van der Waals surface area contributed by atoms with Crippen LogP contribution >= 0.6 is 0 Å². The molecule has 3 rings (SSSR count). The maximum Gasteiger partial charge on any atom is 0.272 e. The summed E-state index contributed by atoms with van der Waals surface area (Å²) in [5.74, 6) is 2.35. The normalized spacial score (nSPS) is 14.4. The van der Waals surface area contributed by atoms with Gasteiger partial charge in [-0.3, -0.25) is 9.79 Å². The number of rotatable bonds is 7. The number of amides is 1. The molecule has 1 fully saturated rings. The Kier molecular flexibility index (Phi) is 6.51. The summed E-state index contributed by atoms with van der Waals surface area (Å²) in [5.41, 5.74) is 1.03. The Bertz CT molecular complexity index is 996. The number of nitrogens with one attached hydrogen (secondary N) is 1. The van der Waals surface area contributed by atoms with E-state index in [0.29, 0.717) is 55.1 Å². The molecule has 2 aromatic rings. The number of fused-ring (bicyclic) bond motifs is 1. The minimum absolute atomic E-state index is 0.156. The summed E-state index contributed by atoms with van der Waals surface area (Å²) in [7, 11) is 5.00. The second-order valence-electron chi connectivity index (χ2n) is 6.57. The number of hydrogen-bond acceptors (Lipinski definition) is 8. The first-order valence-corrected chi connectivity index (χ1v) is 9.51. The van der Waals surface area contributed by atoms with Crippen LogP contribution in [0.3, 0.4) is 0 Å². The molecule has 2 heterocycles. The van der Waals surface area contributed by atoms with Crippen molar-refractivity contribution in [3.05, 3.63) is 36.6 Å². The molecule has 9 heteroatoms. The lowest BCUT2D eigenvalue weighted by atomic mass is 10.2. The second-order valence-corrected chi connectivity index (χ2v) is 6.57. The molecule has 30 heavy (non-hydrogen) atoms. The van der Waals surface area contributed by atoms with Gasteiger partial charge in [-0.1, -0.05) is 12.7 Å². The number of allylic oxidation sites excluding steroid dienone is 2. The molecule has 0 radical (unpaired) electrons. The number of aromatic nitrogens is 2. The molecule has 1 aliphatic rings. The third kappa shape index (κ3) is 4.05. The quantitative estimate of drug-likeness (QED) is 0.425. The van der Waals surface area contributed by atoms with Crippen LogP contribution in [0.1, 0.15) is 0 Å². The summed E-state index contributed by atoms with van der Waals surface area (Å²) in [5, 5.41) is 3.96. The maximum absolute atomic E-state index is 12.6. The van der Waals surface area contributed by atoms with Crippen molar-refractivity contribution >= 4 is 35.3 Å². The van der Waals surface area contributed by atoms with E-state index in [1.807, 2.05) is 19.2 Å². The van der Waals surface area contributed by atoms with E-state index in [2.05, 4.69) is 33.5 Å². The molecule has 1 aromatic carbocycles. The Balaban J connectivity index is 1.86. The Morgan fingerprint density at radius 2 is 1.83 bits per heavy atom. The Hall–Kier alpha value is -3.62. The van der Waals surface area contributed by atoms with Gasteiger partial charge in [-0.05, 0) is 18.9 Å². The van der Waals surface area contributed by atoms with Crippen molar-refractivity contribution in [2.45, 2.75) is 0 Å². The number of benzene rings is 1. The number of nitrogens with zero attached hydrogens (tertiary/aromatic N) is 5. The fourth-order valence-electron chi connectivity index (χ4n) is 3.35. The lowest BCUT2D eigenvalue weighted by Crippen LogP contribution is -2.49. The zero-order chi connectivity index (χ0) is 21.7. The highest BCUT2D eigenvalue weighted by Gasteiger charge is 2.25. The number of anilines is 2. The number of carbonyl (C=O) groups is 1. The lowest BCUT2D eigenvalue weighted by Gasteiger charge is -2.35. The standard InChI is InChI=1S/C21H26N6O3/c1-6-7-15(22-2)20(28)26-8-10-27(11-9-26)21-24-16-13-18(30-5)17(29-4)12-14(16)19(23-3)25-21/h6-7,12-13H,1-2,8-11H2,3-5H3,(H,23,24,25)/b15-7-. The van der Waals surface area contributed by atoms with Crippen molar-refractivity contribution < 1.29 is 14.3 Å². The molecule has 9 nitrogen and oxygen atoms in total. The first kappa shape index (κ1) is 21.1. The van der Waals surface area contributed by atoms with E-state index in [4.69, 9.17) is 14.5 Å². The first-order chi connectivity index (χ1) is 14.6. The summed E-state index contributed by atoms with van der Waals surface area (Å²) in [6.45, 7) is 9.34. The molecule has 1 saturated heterocycles. The number of aliphatic imine (C=N–C) groups is 1. The van der Waals surface area contributed by atoms with Gasteiger partial charge in [-0.15, -0.1) is 0 Å². The highest BCUT2D eigenvalue weighted by Crippen LogP contribution is 2.35. The van der Waals surface area contributed by atoms with Gasteiger partial charge in [0.1, 0.15) is 11.5 Å². The fourth-order valence-corrected chi connectivity index (χ4v) is 3.35. The molecule has 1 aromatic heterocycles. The van der Waals surface area contributed by atoms with Crippen LogP contribution in [0.4, 0.5) is 11.8 Å². The summed E-state index contributed by atoms with van der Waals surface area (Å²) in [4.78, 5) is 29.6. The van der Waals surface area contributed by atoms with Crippen LogP contribution in [0.15, 0.2) is 41.6 Å². The van der Waals surface area contributed by atoms with Crippen LogP contribution in [-0.2, 0) is 4.79 Å². The summed E-state index contributed by atoms with van der Waals surface area (Å²) in [6.07, 6.45) is 3.10. The van der Waals surface area contributed by atoms with Gasteiger partial charge in [0.05, 0.1) is 19.7 Å². The smallest absolute Gasteiger partial charge is 0.272 e. The summed E-state index contributed by atoms with van der Waals surface area (Å²) in [6, 6.07) is 3.69. The van der Waals surface area contributed by atoms with Crippen molar-refractivity contribution in [1.82, 2.24) is 14.9 Å². The highest BCUT2D eigenvalue weighted by molar-refractivity contribution is 5.94. The van der Waals surface area contributed by atoms with Crippen LogP contribution in [0, 0.1) is 0 Å². The number of methoxy groups -OCH3 is 2. The third-order valence-electron chi connectivity index (χ3n) is 4.94. The number of ether oxygens (including phenoxy) is 2. The van der Waals surface area contributed by atoms with Crippen LogP contribution in [-0.4, -0.2) is 74.9 Å². The molecule has 0 atom stereocenters. The van der Waals surface area contributed by atoms with Gasteiger partial charge in [0.25, 0.3) is 5.91 Å². The molecule has 158 valence electrons. The van der Waals surface area contributed by atoms with Gasteiger partial charge >= 0.3 is 0 Å². The molecule has 0 aliphatic carbocycles. The SMILES string of the molecule is C=C/C=C(\N=C)C(=O)N1CCN(c2nc(NC)c3cc(OC)c(OC)cc3n2)CC1. The molecule has 1 aliphatic heterocycles. The van der Waals surface area contributed by atoms with Crippen molar-refractivity contribution in [3.8, 4) is 11.5 Å². The maximum atomic E-state index is 12.6. The average Bonchev–Trinajstić information content (AvgIpc) is 2.80. The topological polar surface area (TPSA) is 92.2 Å². The largest absolute Gasteiger partial charge is 0.493 e. The van der Waals surface area contributed by atoms with Gasteiger partial charge in [-0.2, -0.15) is 4.98 Å². The van der Waals surface area contributed by atoms with Gasteiger partial charge in [0.15, 0.2) is 11.5 Å². The van der Waals surface area contributed by atoms with Gasteiger partial charge in [0, 0.05) is 44.7 Å². The monoisotopic (exact) mass is 410 g/mol. The molecular weight excluding hydrogens is 384 g/mol. The third-order valence-corrected chi connectivity index (χ3v) is 4.94. The fraction of sp³-hybridized carbons (Fsp3) is 0.333. The van der Waals surface area contributed by atoms with E-state index >= 15 is 0 Å². The number of carbonyl (C=O) groups excluding carboxylic acids is 1. The highest BCUT2D eigenvalue weighted by atomic mass is 16.5. The van der Waals surface area contributed by atoms with E-state index in [-0.39, 0.29) is 5.91 Å². The van der Waals surface area contributed by atoms with Crippen molar-refractivity contribution in [2.24, 2.45) is 4.99 Å². The van der Waals surface area contributed by atoms with E-state index in [1.54, 1.807) is 25.2 Å². The van der Waals surface area contributed by atoms with Crippen molar-refractivity contribution in [1.29, 1.82) is 0 Å². The molecule has 1 N–H and O–H groups in total. The van der Waals surface area contributed by atoms with Gasteiger partial charge in [0.2, 0.25) is 5.95 Å². The van der Waals surface area contributed by atoms with E-state index in [9.17, 15) is 4.79 Å². The molecule has 0 saturated carbocycles. The van der Waals surface area contributed by atoms with Crippen LogP contribution in [0.5, 0.6) is 11.5 Å². The minimum Gasteiger partial charge on any atom is -0.493 e. The van der Waals surface area contributed by atoms with E-state index < -0.39 is 0 Å². The summed E-state index contributed by atoms with van der Waals surface area (Å²) < 4.78 is 10.8. The summed E-state index contributed by atoms with van der Waals surface area (Å²) >= 11 is 0. The lowest BCUT2D eigenvalue weighted by molar-refractivity contribution is -0.127. The van der Waals surface area contributed by atoms with Crippen molar-refractivity contribution in [3.63, 3.8) is 0 Å². The minimum atomic E-state index is -0.156. The van der Waals surface area contributed by atoms with E-state index in [1.165, 1.54) is 6.08 Å². The van der Waals surface area contributed by atoms with E-state index in [0.717, 1.165) is 10.9 Å². The van der Waals surface area contributed by atoms with Crippen LogP contribution in [0.2, 0.25) is 0 Å². The Morgan fingerprint density at radius 1 is 1.17 bits per heavy atom. The van der Waals surface area contributed by atoms with Crippen LogP contribution < -0.4 is 19.7 Å². The first-order valence-electron chi connectivity index (χ1n) is 9.51. The second kappa shape index (κ2) is 9.25. The van der Waals surface area contributed by atoms with Crippen molar-refractivity contribution in [2.75, 3.05) is 57.7 Å². The van der Waals surface area contributed by atoms with Gasteiger partial charge in [-0.25, -0.2) is 4.98 Å². The predicted octanol–water partition coefficient (Wildman–Crippen LogP) is 2.11. The molecule has 0 spiro atoms. The average molecular weight is 410 g/mol. The molecular formula is C21H26N6O3. The zero-order valence-corrected chi connectivity index (χ0v) is 17.5. The predicted molar refractivity (Wildman–Crippen MR) is 119 cm³/mol.